The van der Waals surface area contributed by atoms with Crippen LogP contribution in [0.25, 0.3) is 6.08 Å². The van der Waals surface area contributed by atoms with Crippen LogP contribution in [0, 0.1) is 0 Å². The lowest BCUT2D eigenvalue weighted by Crippen LogP contribution is -1.99. The van der Waals surface area contributed by atoms with Gasteiger partial charge in [-0.15, -0.1) is 0 Å². The molecule has 0 bridgehead atoms. The molecule has 0 unspecified atom stereocenters. The second-order valence-corrected chi connectivity index (χ2v) is 6.57. The van der Waals surface area contributed by atoms with Crippen molar-refractivity contribution in [3.8, 4) is 11.5 Å². The first-order valence-corrected chi connectivity index (χ1v) is 8.76. The molecule has 1 aliphatic rings. The van der Waals surface area contributed by atoms with Crippen LogP contribution < -0.4 is 9.47 Å². The van der Waals surface area contributed by atoms with Crippen molar-refractivity contribution in [1.29, 1.82) is 0 Å². The second-order valence-electron chi connectivity index (χ2n) is 5.72. The number of Topliss-reactive ketones (excluding diaryl/α,β-unsaturated/α-hetero) is 1. The van der Waals surface area contributed by atoms with Gasteiger partial charge in [-0.05, 0) is 51.7 Å². The van der Waals surface area contributed by atoms with Crippen LogP contribution in [0.15, 0.2) is 46.4 Å². The molecule has 2 aromatic rings. The van der Waals surface area contributed by atoms with E-state index in [4.69, 9.17) is 9.47 Å². The van der Waals surface area contributed by atoms with Crippen molar-refractivity contribution < 1.29 is 14.3 Å². The summed E-state index contributed by atoms with van der Waals surface area (Å²) < 4.78 is 12.0. The molecule has 0 N–H and O–H groups in total. The Morgan fingerprint density at radius 3 is 2.75 bits per heavy atom. The van der Waals surface area contributed by atoms with Crippen LogP contribution >= 0.6 is 15.9 Å². The Labute approximate surface area is 150 Å². The fourth-order valence-corrected chi connectivity index (χ4v) is 3.41. The highest BCUT2D eigenvalue weighted by molar-refractivity contribution is 9.10. The number of fused-ring (bicyclic) bond motifs is 1. The maximum absolute atomic E-state index is 12.5. The van der Waals surface area contributed by atoms with Crippen molar-refractivity contribution in [3.63, 3.8) is 0 Å². The van der Waals surface area contributed by atoms with E-state index in [1.54, 1.807) is 7.11 Å². The van der Waals surface area contributed by atoms with Gasteiger partial charge in [0.05, 0.1) is 18.2 Å². The third kappa shape index (κ3) is 3.24. The highest BCUT2D eigenvalue weighted by Gasteiger charge is 2.24. The average Bonchev–Trinajstić information content (AvgIpc) is 2.90. The van der Waals surface area contributed by atoms with Crippen LogP contribution in [0.3, 0.4) is 0 Å². The highest BCUT2D eigenvalue weighted by atomic mass is 79.9. The Morgan fingerprint density at radius 2 is 2.04 bits per heavy atom. The molecule has 0 atom stereocenters. The monoisotopic (exact) mass is 386 g/mol. The Hall–Kier alpha value is -2.07. The standard InChI is InChI=1S/C20H19BrO3/c1-3-8-24-20-17(21)10-13(11-18(20)23-2)9-15-12-14-6-4-5-7-16(14)19(15)22/h4-7,9-11H,3,8,12H2,1-2H3/b15-9+. The van der Waals surface area contributed by atoms with E-state index in [1.807, 2.05) is 42.5 Å². The minimum Gasteiger partial charge on any atom is -0.493 e. The predicted octanol–water partition coefficient (Wildman–Crippen LogP) is 5.07. The lowest BCUT2D eigenvalue weighted by Gasteiger charge is -2.13. The number of ether oxygens (including phenoxy) is 2. The first-order valence-electron chi connectivity index (χ1n) is 7.97. The third-order valence-electron chi connectivity index (χ3n) is 3.98. The lowest BCUT2D eigenvalue weighted by molar-refractivity contribution is 0.104. The maximum atomic E-state index is 12.5. The Morgan fingerprint density at radius 1 is 1.25 bits per heavy atom. The summed E-state index contributed by atoms with van der Waals surface area (Å²) in [6.07, 6.45) is 3.52. The maximum Gasteiger partial charge on any atom is 0.189 e. The van der Waals surface area contributed by atoms with Crippen molar-refractivity contribution in [3.05, 3.63) is 63.1 Å². The van der Waals surface area contributed by atoms with Gasteiger partial charge in [0, 0.05) is 17.6 Å². The van der Waals surface area contributed by atoms with Crippen molar-refractivity contribution in [2.24, 2.45) is 0 Å². The van der Waals surface area contributed by atoms with Gasteiger partial charge < -0.3 is 9.47 Å². The Balaban J connectivity index is 1.94. The van der Waals surface area contributed by atoms with E-state index in [0.717, 1.165) is 33.2 Å². The van der Waals surface area contributed by atoms with Crippen LogP contribution in [0.5, 0.6) is 11.5 Å². The van der Waals surface area contributed by atoms with Crippen molar-refractivity contribution in [1.82, 2.24) is 0 Å². The molecule has 0 spiro atoms. The van der Waals surface area contributed by atoms with E-state index in [-0.39, 0.29) is 5.78 Å². The molecule has 0 aliphatic heterocycles. The SMILES string of the molecule is CCCOc1c(Br)cc(/C=C2\Cc3ccccc3C2=O)cc1OC. The number of halogens is 1. The van der Waals surface area contributed by atoms with Gasteiger partial charge in [-0.1, -0.05) is 31.2 Å². The molecule has 3 nitrogen and oxygen atoms in total. The zero-order valence-corrected chi connectivity index (χ0v) is 15.4. The minimum atomic E-state index is 0.104. The molecule has 2 aromatic carbocycles. The molecular weight excluding hydrogens is 368 g/mol. The fraction of sp³-hybridized carbons (Fsp3) is 0.250. The van der Waals surface area contributed by atoms with Gasteiger partial charge in [-0.25, -0.2) is 0 Å². The number of carbonyl (C=O) groups excluding carboxylic acids is 1. The number of hydrogen-bond donors (Lipinski definition) is 0. The van der Waals surface area contributed by atoms with Crippen molar-refractivity contribution in [2.45, 2.75) is 19.8 Å². The average molecular weight is 387 g/mol. The molecule has 24 heavy (non-hydrogen) atoms. The molecule has 124 valence electrons. The number of carbonyl (C=O) groups is 1. The summed E-state index contributed by atoms with van der Waals surface area (Å²) in [5, 5.41) is 0. The summed E-state index contributed by atoms with van der Waals surface area (Å²) in [5.41, 5.74) is 3.60. The molecular formula is C20H19BrO3. The quantitative estimate of drug-likeness (QED) is 0.672. The minimum absolute atomic E-state index is 0.104. The molecule has 0 saturated carbocycles. The van der Waals surface area contributed by atoms with E-state index < -0.39 is 0 Å². The molecule has 0 aromatic heterocycles. The van der Waals surface area contributed by atoms with Gasteiger partial charge in [-0.3, -0.25) is 4.79 Å². The van der Waals surface area contributed by atoms with Crippen molar-refractivity contribution in [2.75, 3.05) is 13.7 Å². The van der Waals surface area contributed by atoms with Gasteiger partial charge in [0.2, 0.25) is 0 Å². The first kappa shape index (κ1) is 16.8. The smallest absolute Gasteiger partial charge is 0.189 e. The fourth-order valence-electron chi connectivity index (χ4n) is 2.84. The summed E-state index contributed by atoms with van der Waals surface area (Å²) in [5.74, 6) is 1.46. The predicted molar refractivity (Wildman–Crippen MR) is 98.9 cm³/mol. The number of methoxy groups -OCH3 is 1. The van der Waals surface area contributed by atoms with E-state index in [2.05, 4.69) is 22.9 Å². The molecule has 1 aliphatic carbocycles. The number of ketones is 1. The Bertz CT molecular complexity index is 809. The summed E-state index contributed by atoms with van der Waals surface area (Å²) in [7, 11) is 1.62. The summed E-state index contributed by atoms with van der Waals surface area (Å²) in [6.45, 7) is 2.69. The molecule has 0 amide bonds. The molecule has 3 rings (SSSR count). The van der Waals surface area contributed by atoms with Crippen LogP contribution in [0.2, 0.25) is 0 Å². The van der Waals surface area contributed by atoms with E-state index in [9.17, 15) is 4.79 Å². The van der Waals surface area contributed by atoms with E-state index in [0.29, 0.717) is 24.5 Å². The third-order valence-corrected chi connectivity index (χ3v) is 4.57. The van der Waals surface area contributed by atoms with Gasteiger partial charge >= 0.3 is 0 Å². The van der Waals surface area contributed by atoms with E-state index >= 15 is 0 Å². The topological polar surface area (TPSA) is 35.5 Å². The molecule has 0 saturated heterocycles. The first-order chi connectivity index (χ1) is 11.6. The van der Waals surface area contributed by atoms with Crippen LogP contribution in [0.1, 0.15) is 34.8 Å². The molecule has 4 heteroatoms. The molecule has 0 heterocycles. The Kier molecular flexibility index (Phi) is 5.05. The van der Waals surface area contributed by atoms with E-state index in [1.165, 1.54) is 0 Å². The molecule has 0 radical (unpaired) electrons. The van der Waals surface area contributed by atoms with Gasteiger partial charge in [0.1, 0.15) is 0 Å². The van der Waals surface area contributed by atoms with Crippen LogP contribution in [0.4, 0.5) is 0 Å². The summed E-state index contributed by atoms with van der Waals surface area (Å²) in [6, 6.07) is 11.6. The largest absolute Gasteiger partial charge is 0.493 e. The summed E-state index contributed by atoms with van der Waals surface area (Å²) in [4.78, 5) is 12.5. The normalized spacial score (nSPS) is 14.8. The van der Waals surface area contributed by atoms with Crippen molar-refractivity contribution >= 4 is 27.8 Å². The zero-order valence-electron chi connectivity index (χ0n) is 13.8. The summed E-state index contributed by atoms with van der Waals surface area (Å²) >= 11 is 3.54. The van der Waals surface area contributed by atoms with Crippen LogP contribution in [-0.4, -0.2) is 19.5 Å². The van der Waals surface area contributed by atoms with Crippen LogP contribution in [-0.2, 0) is 6.42 Å². The highest BCUT2D eigenvalue weighted by Crippen LogP contribution is 2.38. The second kappa shape index (κ2) is 7.22. The number of rotatable bonds is 5. The zero-order chi connectivity index (χ0) is 17.1. The van der Waals surface area contributed by atoms with Gasteiger partial charge in [0.25, 0.3) is 0 Å². The van der Waals surface area contributed by atoms with Gasteiger partial charge in [0.15, 0.2) is 17.3 Å². The van der Waals surface area contributed by atoms with Gasteiger partial charge in [-0.2, -0.15) is 0 Å². The number of benzene rings is 2. The lowest BCUT2D eigenvalue weighted by atomic mass is 10.1. The number of hydrogen-bond acceptors (Lipinski definition) is 3. The molecule has 0 fully saturated rings. The number of allylic oxidation sites excluding steroid dienone is 1.